The van der Waals surface area contributed by atoms with Crippen molar-refractivity contribution in [3.63, 3.8) is 0 Å². The summed E-state index contributed by atoms with van der Waals surface area (Å²) in [5.74, 6) is 0.132. The lowest BCUT2D eigenvalue weighted by Crippen LogP contribution is -2.30. The molecular weight excluding hydrogens is 366 g/mol. The molecule has 27 heavy (non-hydrogen) atoms. The van der Waals surface area contributed by atoms with Crippen LogP contribution in [0.1, 0.15) is 12.5 Å². The Morgan fingerprint density at radius 2 is 1.78 bits per heavy atom. The van der Waals surface area contributed by atoms with Crippen molar-refractivity contribution < 1.29 is 17.9 Å². The van der Waals surface area contributed by atoms with Gasteiger partial charge in [-0.1, -0.05) is 12.1 Å². The van der Waals surface area contributed by atoms with Gasteiger partial charge in [0.2, 0.25) is 10.0 Å². The summed E-state index contributed by atoms with van der Waals surface area (Å²) < 4.78 is 29.8. The molecule has 0 spiro atoms. The molecule has 1 amide bonds. The van der Waals surface area contributed by atoms with E-state index in [0.29, 0.717) is 23.5 Å². The third-order valence-corrected chi connectivity index (χ3v) is 5.09. The van der Waals surface area contributed by atoms with Crippen LogP contribution in [0.3, 0.4) is 0 Å². The molecular formula is C19H21N3O4S. The van der Waals surface area contributed by atoms with Crippen LogP contribution in [0.2, 0.25) is 0 Å². The van der Waals surface area contributed by atoms with Gasteiger partial charge in [0, 0.05) is 12.7 Å². The number of hydrogen-bond donors (Lipinski definition) is 1. The van der Waals surface area contributed by atoms with Crippen molar-refractivity contribution in [3.8, 4) is 11.8 Å². The van der Waals surface area contributed by atoms with E-state index in [1.54, 1.807) is 55.5 Å². The molecule has 2 aromatic rings. The van der Waals surface area contributed by atoms with E-state index in [4.69, 9.17) is 10.00 Å². The summed E-state index contributed by atoms with van der Waals surface area (Å²) in [6.07, 6.45) is 0.692. The van der Waals surface area contributed by atoms with E-state index < -0.39 is 16.1 Å². The molecule has 0 aliphatic heterocycles. The molecule has 0 fully saturated rings. The number of benzene rings is 2. The van der Waals surface area contributed by atoms with Crippen LogP contribution in [-0.4, -0.2) is 33.7 Å². The van der Waals surface area contributed by atoms with Crippen LogP contribution in [0.25, 0.3) is 0 Å². The maximum Gasteiger partial charge on any atom is 0.265 e. The van der Waals surface area contributed by atoms with Crippen LogP contribution >= 0.6 is 0 Å². The van der Waals surface area contributed by atoms with Crippen LogP contribution in [0.4, 0.5) is 11.4 Å². The van der Waals surface area contributed by atoms with Crippen molar-refractivity contribution in [1.29, 1.82) is 5.26 Å². The lowest BCUT2D eigenvalue weighted by molar-refractivity contribution is -0.122. The fourth-order valence-electron chi connectivity index (χ4n) is 2.22. The lowest BCUT2D eigenvalue weighted by Gasteiger charge is -2.18. The zero-order valence-electron chi connectivity index (χ0n) is 15.3. The molecule has 0 heterocycles. The van der Waals surface area contributed by atoms with Gasteiger partial charge in [-0.25, -0.2) is 8.42 Å². The standard InChI is InChI=1S/C19H21N3O4S/c1-14(19(23)21-16-6-4-15(5-7-16)12-13-20)26-18-10-8-17(9-11-18)22(2)27(3,24)25/h4-11,14H,12H2,1-3H3,(H,21,23)/t14-/m1/s1. The number of carbonyl (C=O) groups is 1. The van der Waals surface area contributed by atoms with E-state index in [1.807, 2.05) is 0 Å². The van der Waals surface area contributed by atoms with Gasteiger partial charge in [0.05, 0.1) is 24.4 Å². The molecule has 0 saturated heterocycles. The normalized spacial score (nSPS) is 11.9. The first-order valence-electron chi connectivity index (χ1n) is 8.18. The zero-order chi connectivity index (χ0) is 20.0. The van der Waals surface area contributed by atoms with Gasteiger partial charge < -0.3 is 10.1 Å². The maximum absolute atomic E-state index is 12.3. The number of anilines is 2. The van der Waals surface area contributed by atoms with Gasteiger partial charge in [0.1, 0.15) is 5.75 Å². The highest BCUT2D eigenvalue weighted by Crippen LogP contribution is 2.21. The van der Waals surface area contributed by atoms with Gasteiger partial charge in [-0.15, -0.1) is 0 Å². The highest BCUT2D eigenvalue weighted by molar-refractivity contribution is 7.92. The first-order chi connectivity index (χ1) is 12.7. The fraction of sp³-hybridized carbons (Fsp3) is 0.263. The van der Waals surface area contributed by atoms with Crippen molar-refractivity contribution >= 4 is 27.3 Å². The van der Waals surface area contributed by atoms with E-state index in [-0.39, 0.29) is 5.91 Å². The molecule has 1 N–H and O–H groups in total. The molecule has 0 radical (unpaired) electrons. The number of ether oxygens (including phenoxy) is 1. The minimum absolute atomic E-state index is 0.318. The summed E-state index contributed by atoms with van der Waals surface area (Å²) in [5.41, 5.74) is 1.99. The highest BCUT2D eigenvalue weighted by atomic mass is 32.2. The molecule has 0 aliphatic carbocycles. The van der Waals surface area contributed by atoms with Crippen molar-refractivity contribution in [3.05, 3.63) is 54.1 Å². The molecule has 0 aromatic heterocycles. The molecule has 2 rings (SSSR count). The molecule has 7 nitrogen and oxygen atoms in total. The first kappa shape index (κ1) is 20.3. The van der Waals surface area contributed by atoms with Gasteiger partial charge >= 0.3 is 0 Å². The molecule has 1 atom stereocenters. The molecule has 142 valence electrons. The van der Waals surface area contributed by atoms with Gasteiger partial charge in [0.15, 0.2) is 6.10 Å². The Kier molecular flexibility index (Phi) is 6.42. The van der Waals surface area contributed by atoms with Crippen molar-refractivity contribution in [1.82, 2.24) is 0 Å². The largest absolute Gasteiger partial charge is 0.481 e. The summed E-state index contributed by atoms with van der Waals surface area (Å²) in [6.45, 7) is 1.62. The number of sulfonamides is 1. The summed E-state index contributed by atoms with van der Waals surface area (Å²) in [7, 11) is -1.87. The number of hydrogen-bond acceptors (Lipinski definition) is 5. The summed E-state index contributed by atoms with van der Waals surface area (Å²) in [5, 5.41) is 11.4. The monoisotopic (exact) mass is 387 g/mol. The number of nitriles is 1. The predicted octanol–water partition coefficient (Wildman–Crippen LogP) is 2.55. The van der Waals surface area contributed by atoms with Gasteiger partial charge in [-0.05, 0) is 48.9 Å². The summed E-state index contributed by atoms with van der Waals surface area (Å²) in [4.78, 5) is 12.3. The maximum atomic E-state index is 12.3. The van der Waals surface area contributed by atoms with Crippen molar-refractivity contribution in [2.45, 2.75) is 19.4 Å². The number of amides is 1. The Labute approximate surface area is 159 Å². The van der Waals surface area contributed by atoms with Crippen molar-refractivity contribution in [2.75, 3.05) is 22.9 Å². The number of nitrogens with one attached hydrogen (secondary N) is 1. The van der Waals surface area contributed by atoms with Crippen LogP contribution in [0.15, 0.2) is 48.5 Å². The molecule has 0 unspecified atom stereocenters. The van der Waals surface area contributed by atoms with Crippen LogP contribution in [0, 0.1) is 11.3 Å². The Bertz CT molecular complexity index is 932. The van der Waals surface area contributed by atoms with Gasteiger partial charge in [0.25, 0.3) is 5.91 Å². The van der Waals surface area contributed by atoms with E-state index >= 15 is 0 Å². The molecule has 8 heteroatoms. The quantitative estimate of drug-likeness (QED) is 0.787. The first-order valence-corrected chi connectivity index (χ1v) is 10.0. The third kappa shape index (κ3) is 5.72. The summed E-state index contributed by atoms with van der Waals surface area (Å²) >= 11 is 0. The molecule has 0 saturated carbocycles. The fourth-order valence-corrected chi connectivity index (χ4v) is 2.73. The average molecular weight is 387 g/mol. The van der Waals surface area contributed by atoms with Crippen molar-refractivity contribution in [2.24, 2.45) is 0 Å². The number of rotatable bonds is 7. The molecule has 0 bridgehead atoms. The number of nitrogens with zero attached hydrogens (tertiary/aromatic N) is 2. The Hall–Kier alpha value is -3.05. The SMILES string of the molecule is C[C@@H](Oc1ccc(N(C)S(C)(=O)=O)cc1)C(=O)Nc1ccc(CC#N)cc1. The second-order valence-corrected chi connectivity index (χ2v) is 8.02. The second-order valence-electron chi connectivity index (χ2n) is 6.01. The zero-order valence-corrected chi connectivity index (χ0v) is 16.2. The van der Waals surface area contributed by atoms with Gasteiger partial charge in [-0.3, -0.25) is 9.10 Å². The highest BCUT2D eigenvalue weighted by Gasteiger charge is 2.16. The van der Waals surface area contributed by atoms with Crippen LogP contribution in [-0.2, 0) is 21.2 Å². The molecule has 0 aliphatic rings. The van der Waals surface area contributed by atoms with Gasteiger partial charge in [-0.2, -0.15) is 5.26 Å². The van der Waals surface area contributed by atoms with E-state index in [9.17, 15) is 13.2 Å². The third-order valence-electron chi connectivity index (χ3n) is 3.88. The van der Waals surface area contributed by atoms with E-state index in [0.717, 1.165) is 16.1 Å². The minimum Gasteiger partial charge on any atom is -0.481 e. The van der Waals surface area contributed by atoms with E-state index in [2.05, 4.69) is 11.4 Å². The second kappa shape index (κ2) is 8.56. The lowest BCUT2D eigenvalue weighted by atomic mass is 10.1. The summed E-state index contributed by atoms with van der Waals surface area (Å²) in [6, 6.07) is 15.5. The number of carbonyl (C=O) groups excluding carboxylic acids is 1. The average Bonchev–Trinajstić information content (AvgIpc) is 2.63. The predicted molar refractivity (Wildman–Crippen MR) is 104 cm³/mol. The smallest absolute Gasteiger partial charge is 0.265 e. The van der Waals surface area contributed by atoms with E-state index in [1.165, 1.54) is 7.05 Å². The Morgan fingerprint density at radius 3 is 2.30 bits per heavy atom. The van der Waals surface area contributed by atoms with Crippen LogP contribution in [0.5, 0.6) is 5.75 Å². The topological polar surface area (TPSA) is 99.5 Å². The minimum atomic E-state index is -3.34. The van der Waals surface area contributed by atoms with Crippen LogP contribution < -0.4 is 14.4 Å². The Balaban J connectivity index is 1.96. The Morgan fingerprint density at radius 1 is 1.19 bits per heavy atom. The molecule has 2 aromatic carbocycles.